The Morgan fingerprint density at radius 1 is 0.944 bits per heavy atom. The van der Waals surface area contributed by atoms with Crippen LogP contribution in [-0.2, 0) is 0 Å². The zero-order valence-electron chi connectivity index (χ0n) is 10.9. The molecule has 1 aromatic heterocycles. The molecule has 90 valence electrons. The second-order valence-electron chi connectivity index (χ2n) is 4.91. The molecule has 3 rings (SSSR count). The Hall–Kier alpha value is -2.09. The van der Waals surface area contributed by atoms with E-state index in [2.05, 4.69) is 67.1 Å². The fourth-order valence-electron chi connectivity index (χ4n) is 2.20. The van der Waals surface area contributed by atoms with Gasteiger partial charge in [0.2, 0.25) is 0 Å². The van der Waals surface area contributed by atoms with Crippen molar-refractivity contribution in [3.63, 3.8) is 0 Å². The minimum atomic E-state index is 0.943. The normalized spacial score (nSPS) is 11.1. The highest BCUT2D eigenvalue weighted by Gasteiger charge is 2.06. The van der Waals surface area contributed by atoms with Crippen LogP contribution in [0.15, 0.2) is 36.4 Å². The number of imidazole rings is 1. The molecule has 3 aromatic rings. The monoisotopic (exact) mass is 236 g/mol. The second kappa shape index (κ2) is 3.98. The minimum Gasteiger partial charge on any atom is -0.338 e. The molecule has 0 amide bonds. The molecule has 0 aliphatic carbocycles. The van der Waals surface area contributed by atoms with Crippen molar-refractivity contribution >= 4 is 11.0 Å². The molecule has 2 heteroatoms. The number of aromatic amines is 1. The lowest BCUT2D eigenvalue weighted by molar-refractivity contribution is 1.32. The molecule has 0 atom stereocenters. The third kappa shape index (κ3) is 1.80. The van der Waals surface area contributed by atoms with Crippen LogP contribution in [0.4, 0.5) is 0 Å². The van der Waals surface area contributed by atoms with E-state index in [4.69, 9.17) is 0 Å². The fourth-order valence-corrected chi connectivity index (χ4v) is 2.20. The SMILES string of the molecule is Cc1cccc(-c2nc3cc(C)c(C)cc3[nH]2)c1. The summed E-state index contributed by atoms with van der Waals surface area (Å²) in [5, 5.41) is 0. The number of benzene rings is 2. The second-order valence-corrected chi connectivity index (χ2v) is 4.91. The average Bonchev–Trinajstić information content (AvgIpc) is 2.73. The number of nitrogens with one attached hydrogen (secondary N) is 1. The molecule has 0 unspecified atom stereocenters. The molecule has 0 saturated carbocycles. The van der Waals surface area contributed by atoms with Crippen LogP contribution in [0.5, 0.6) is 0 Å². The van der Waals surface area contributed by atoms with E-state index in [1.54, 1.807) is 0 Å². The topological polar surface area (TPSA) is 28.7 Å². The van der Waals surface area contributed by atoms with Gasteiger partial charge in [0.25, 0.3) is 0 Å². The van der Waals surface area contributed by atoms with Crippen molar-refractivity contribution in [1.82, 2.24) is 9.97 Å². The lowest BCUT2D eigenvalue weighted by atomic mass is 10.1. The van der Waals surface area contributed by atoms with Gasteiger partial charge in [-0.1, -0.05) is 23.8 Å². The number of aryl methyl sites for hydroxylation is 3. The van der Waals surface area contributed by atoms with Gasteiger partial charge >= 0.3 is 0 Å². The summed E-state index contributed by atoms with van der Waals surface area (Å²) >= 11 is 0. The van der Waals surface area contributed by atoms with Gasteiger partial charge in [0.1, 0.15) is 5.82 Å². The maximum Gasteiger partial charge on any atom is 0.138 e. The van der Waals surface area contributed by atoms with Crippen LogP contribution in [0.3, 0.4) is 0 Å². The van der Waals surface area contributed by atoms with Gasteiger partial charge in [0.15, 0.2) is 0 Å². The average molecular weight is 236 g/mol. The molecule has 0 spiro atoms. The Morgan fingerprint density at radius 2 is 1.72 bits per heavy atom. The first-order chi connectivity index (χ1) is 8.63. The highest BCUT2D eigenvalue weighted by Crippen LogP contribution is 2.23. The van der Waals surface area contributed by atoms with Gasteiger partial charge in [0, 0.05) is 5.56 Å². The van der Waals surface area contributed by atoms with Crippen molar-refractivity contribution in [2.45, 2.75) is 20.8 Å². The zero-order valence-corrected chi connectivity index (χ0v) is 10.9. The van der Waals surface area contributed by atoms with Crippen molar-refractivity contribution in [3.05, 3.63) is 53.1 Å². The number of hydrogen-bond acceptors (Lipinski definition) is 1. The molecule has 2 aromatic carbocycles. The summed E-state index contributed by atoms with van der Waals surface area (Å²) in [6.45, 7) is 6.35. The number of H-pyrrole nitrogens is 1. The van der Waals surface area contributed by atoms with Crippen molar-refractivity contribution in [1.29, 1.82) is 0 Å². The molecule has 0 radical (unpaired) electrons. The van der Waals surface area contributed by atoms with Crippen molar-refractivity contribution in [2.24, 2.45) is 0 Å². The quantitative estimate of drug-likeness (QED) is 0.675. The zero-order chi connectivity index (χ0) is 12.7. The number of fused-ring (bicyclic) bond motifs is 1. The van der Waals surface area contributed by atoms with Crippen LogP contribution in [-0.4, -0.2) is 9.97 Å². The summed E-state index contributed by atoms with van der Waals surface area (Å²) in [5.74, 6) is 0.943. The molecular formula is C16H16N2. The summed E-state index contributed by atoms with van der Waals surface area (Å²) in [6, 6.07) is 12.7. The van der Waals surface area contributed by atoms with Crippen LogP contribution in [0.1, 0.15) is 16.7 Å². The molecule has 1 N–H and O–H groups in total. The van der Waals surface area contributed by atoms with Gasteiger partial charge in [-0.15, -0.1) is 0 Å². The van der Waals surface area contributed by atoms with E-state index in [9.17, 15) is 0 Å². The van der Waals surface area contributed by atoms with Gasteiger partial charge in [0.05, 0.1) is 11.0 Å². The Bertz CT molecular complexity index is 684. The number of rotatable bonds is 1. The van der Waals surface area contributed by atoms with Crippen LogP contribution in [0.2, 0.25) is 0 Å². The Morgan fingerprint density at radius 3 is 2.50 bits per heavy atom. The first-order valence-corrected chi connectivity index (χ1v) is 6.17. The van der Waals surface area contributed by atoms with Gasteiger partial charge in [-0.25, -0.2) is 4.98 Å². The predicted octanol–water partition coefficient (Wildman–Crippen LogP) is 4.16. The number of aromatic nitrogens is 2. The van der Waals surface area contributed by atoms with Crippen LogP contribution < -0.4 is 0 Å². The summed E-state index contributed by atoms with van der Waals surface area (Å²) in [5.41, 5.74) is 7.11. The number of nitrogens with zero attached hydrogens (tertiary/aromatic N) is 1. The highest BCUT2D eigenvalue weighted by molar-refractivity contribution is 5.81. The Labute approximate surface area is 107 Å². The van der Waals surface area contributed by atoms with Crippen molar-refractivity contribution in [2.75, 3.05) is 0 Å². The molecule has 0 aliphatic rings. The molecule has 0 bridgehead atoms. The summed E-state index contributed by atoms with van der Waals surface area (Å²) in [7, 11) is 0. The summed E-state index contributed by atoms with van der Waals surface area (Å²) in [6.07, 6.45) is 0. The maximum atomic E-state index is 4.67. The maximum absolute atomic E-state index is 4.67. The lowest BCUT2D eigenvalue weighted by Crippen LogP contribution is -1.80. The first kappa shape index (κ1) is 11.0. The third-order valence-electron chi connectivity index (χ3n) is 3.39. The van der Waals surface area contributed by atoms with E-state index in [0.29, 0.717) is 0 Å². The molecule has 2 nitrogen and oxygen atoms in total. The summed E-state index contributed by atoms with van der Waals surface area (Å²) in [4.78, 5) is 8.07. The van der Waals surface area contributed by atoms with E-state index in [-0.39, 0.29) is 0 Å². The Kier molecular flexibility index (Phi) is 2.44. The minimum absolute atomic E-state index is 0.943. The third-order valence-corrected chi connectivity index (χ3v) is 3.39. The predicted molar refractivity (Wildman–Crippen MR) is 75.7 cm³/mol. The van der Waals surface area contributed by atoms with Crippen LogP contribution in [0.25, 0.3) is 22.4 Å². The fraction of sp³-hybridized carbons (Fsp3) is 0.188. The van der Waals surface area contributed by atoms with E-state index >= 15 is 0 Å². The first-order valence-electron chi connectivity index (χ1n) is 6.17. The van der Waals surface area contributed by atoms with Gasteiger partial charge < -0.3 is 4.98 Å². The van der Waals surface area contributed by atoms with E-state index in [1.165, 1.54) is 16.7 Å². The van der Waals surface area contributed by atoms with Gasteiger partial charge in [-0.3, -0.25) is 0 Å². The molecule has 18 heavy (non-hydrogen) atoms. The molecule has 1 heterocycles. The van der Waals surface area contributed by atoms with Crippen molar-refractivity contribution < 1.29 is 0 Å². The Balaban J connectivity index is 2.19. The van der Waals surface area contributed by atoms with Crippen molar-refractivity contribution in [3.8, 4) is 11.4 Å². The van der Waals surface area contributed by atoms with Gasteiger partial charge in [-0.05, 0) is 50.1 Å². The highest BCUT2D eigenvalue weighted by atomic mass is 14.9. The van der Waals surface area contributed by atoms with Crippen LogP contribution in [0, 0.1) is 20.8 Å². The molecule has 0 saturated heterocycles. The summed E-state index contributed by atoms with van der Waals surface area (Å²) < 4.78 is 0. The standard InChI is InChI=1S/C16H16N2/c1-10-5-4-6-13(7-10)16-17-14-8-11(2)12(3)9-15(14)18-16/h4-9H,1-3H3,(H,17,18). The van der Waals surface area contributed by atoms with E-state index < -0.39 is 0 Å². The largest absolute Gasteiger partial charge is 0.338 e. The van der Waals surface area contributed by atoms with Gasteiger partial charge in [-0.2, -0.15) is 0 Å². The van der Waals surface area contributed by atoms with E-state index in [1.807, 2.05) is 0 Å². The van der Waals surface area contributed by atoms with Crippen LogP contribution >= 0.6 is 0 Å². The molecule has 0 fully saturated rings. The molecule has 0 aliphatic heterocycles. The molecular weight excluding hydrogens is 220 g/mol. The lowest BCUT2D eigenvalue weighted by Gasteiger charge is -1.97. The number of hydrogen-bond donors (Lipinski definition) is 1. The smallest absolute Gasteiger partial charge is 0.138 e. The van der Waals surface area contributed by atoms with E-state index in [0.717, 1.165) is 22.4 Å².